The third-order valence-electron chi connectivity index (χ3n) is 3.65. The summed E-state index contributed by atoms with van der Waals surface area (Å²) in [5, 5.41) is 19.9. The summed E-state index contributed by atoms with van der Waals surface area (Å²) in [6.07, 6.45) is 1.36. The lowest BCUT2D eigenvalue weighted by Gasteiger charge is -2.28. The highest BCUT2D eigenvalue weighted by Gasteiger charge is 2.29. The van der Waals surface area contributed by atoms with Crippen LogP contribution in [0.4, 0.5) is 0 Å². The zero-order valence-corrected chi connectivity index (χ0v) is 13.8. The maximum atomic E-state index is 11.4. The number of aliphatic carboxylic acids is 1. The van der Waals surface area contributed by atoms with Crippen LogP contribution in [0.1, 0.15) is 64.2 Å². The molecule has 0 amide bonds. The fraction of sp³-hybridized carbons (Fsp3) is 0.500. The molecule has 0 aliphatic carbocycles. The average Bonchev–Trinajstić information content (AvgIpc) is 2.28. The van der Waals surface area contributed by atoms with Gasteiger partial charge in [0.2, 0.25) is 0 Å². The van der Waals surface area contributed by atoms with Gasteiger partial charge in [-0.3, -0.25) is 4.79 Å². The fourth-order valence-electron chi connectivity index (χ4n) is 2.26. The monoisotopic (exact) mass is 290 g/mol. The lowest BCUT2D eigenvalue weighted by molar-refractivity contribution is -0.137. The van der Waals surface area contributed by atoms with E-state index in [0.29, 0.717) is 5.56 Å². The Morgan fingerprint density at radius 3 is 2.00 bits per heavy atom. The van der Waals surface area contributed by atoms with Crippen molar-refractivity contribution in [1.82, 2.24) is 0 Å². The van der Waals surface area contributed by atoms with Gasteiger partial charge in [-0.2, -0.15) is 0 Å². The highest BCUT2D eigenvalue weighted by atomic mass is 16.4. The summed E-state index contributed by atoms with van der Waals surface area (Å²) in [4.78, 5) is 11.4. The molecular formula is C18H26O3. The summed E-state index contributed by atoms with van der Waals surface area (Å²) in [5.41, 5.74) is 1.78. The molecule has 0 saturated heterocycles. The molecule has 0 aliphatic rings. The van der Waals surface area contributed by atoms with Gasteiger partial charge in [0.25, 0.3) is 0 Å². The molecule has 1 unspecified atom stereocenters. The van der Waals surface area contributed by atoms with Gasteiger partial charge in [-0.15, -0.1) is 6.58 Å². The van der Waals surface area contributed by atoms with Gasteiger partial charge in [-0.05, 0) is 22.0 Å². The Morgan fingerprint density at radius 2 is 1.67 bits per heavy atom. The second kappa shape index (κ2) is 5.55. The minimum atomic E-state index is -1.01. The van der Waals surface area contributed by atoms with Gasteiger partial charge >= 0.3 is 5.97 Å². The van der Waals surface area contributed by atoms with E-state index in [4.69, 9.17) is 0 Å². The molecule has 21 heavy (non-hydrogen) atoms. The minimum absolute atomic E-state index is 0.0581. The van der Waals surface area contributed by atoms with Crippen molar-refractivity contribution in [2.45, 2.75) is 58.3 Å². The van der Waals surface area contributed by atoms with Crippen molar-refractivity contribution in [3.05, 3.63) is 41.5 Å². The average molecular weight is 290 g/mol. The maximum Gasteiger partial charge on any atom is 0.314 e. The molecule has 116 valence electrons. The van der Waals surface area contributed by atoms with Crippen molar-refractivity contribution in [3.8, 4) is 5.75 Å². The molecule has 0 fully saturated rings. The number of rotatable bonds is 3. The second-order valence-electron chi connectivity index (χ2n) is 7.51. The van der Waals surface area contributed by atoms with E-state index >= 15 is 0 Å². The molecular weight excluding hydrogens is 264 g/mol. The SMILES string of the molecule is C=CC(C(=O)O)c1cc(C(C)(C)C)cc(C(C)(C)C)c1O. The number of hydrogen-bond acceptors (Lipinski definition) is 2. The Hall–Kier alpha value is -1.77. The lowest BCUT2D eigenvalue weighted by atomic mass is 9.77. The van der Waals surface area contributed by atoms with Crippen LogP contribution >= 0.6 is 0 Å². The topological polar surface area (TPSA) is 57.5 Å². The molecule has 2 N–H and O–H groups in total. The number of carbonyl (C=O) groups is 1. The van der Waals surface area contributed by atoms with E-state index in [1.54, 1.807) is 6.07 Å². The lowest BCUT2D eigenvalue weighted by Crippen LogP contribution is -2.19. The first-order chi connectivity index (χ1) is 9.39. The fourth-order valence-corrected chi connectivity index (χ4v) is 2.26. The van der Waals surface area contributed by atoms with Crippen LogP contribution in [0.15, 0.2) is 24.8 Å². The molecule has 0 saturated carbocycles. The van der Waals surface area contributed by atoms with Crippen LogP contribution in [0.25, 0.3) is 0 Å². The van der Waals surface area contributed by atoms with Crippen LogP contribution in [0.2, 0.25) is 0 Å². The van der Waals surface area contributed by atoms with Gasteiger partial charge in [0.1, 0.15) is 11.7 Å². The van der Waals surface area contributed by atoms with Crippen molar-refractivity contribution in [3.63, 3.8) is 0 Å². The van der Waals surface area contributed by atoms with E-state index < -0.39 is 11.9 Å². The molecule has 0 bridgehead atoms. The van der Waals surface area contributed by atoms with Gasteiger partial charge in [0.05, 0.1) is 0 Å². The third-order valence-corrected chi connectivity index (χ3v) is 3.65. The number of carboxylic acid groups (broad SMARTS) is 1. The predicted molar refractivity (Wildman–Crippen MR) is 86.1 cm³/mol. The molecule has 0 heterocycles. The zero-order chi connectivity index (χ0) is 16.6. The zero-order valence-electron chi connectivity index (χ0n) is 13.8. The summed E-state index contributed by atoms with van der Waals surface area (Å²) < 4.78 is 0. The van der Waals surface area contributed by atoms with E-state index in [2.05, 4.69) is 27.4 Å². The van der Waals surface area contributed by atoms with E-state index in [0.717, 1.165) is 11.1 Å². The quantitative estimate of drug-likeness (QED) is 0.814. The molecule has 0 radical (unpaired) electrons. The first-order valence-corrected chi connectivity index (χ1v) is 7.12. The number of carboxylic acids is 1. The predicted octanol–water partition coefficient (Wildman–Crippen LogP) is 4.34. The molecule has 3 nitrogen and oxygen atoms in total. The summed E-state index contributed by atoms with van der Waals surface area (Å²) in [7, 11) is 0. The maximum absolute atomic E-state index is 11.4. The highest BCUT2D eigenvalue weighted by molar-refractivity contribution is 5.80. The molecule has 1 rings (SSSR count). The number of phenols is 1. The Morgan fingerprint density at radius 1 is 1.14 bits per heavy atom. The molecule has 1 aromatic carbocycles. The Kier molecular flexibility index (Phi) is 4.57. The van der Waals surface area contributed by atoms with Crippen LogP contribution in [0.3, 0.4) is 0 Å². The van der Waals surface area contributed by atoms with Gasteiger partial charge in [-0.1, -0.05) is 59.8 Å². The van der Waals surface area contributed by atoms with Crippen molar-refractivity contribution in [2.24, 2.45) is 0 Å². The molecule has 1 aromatic rings. The summed E-state index contributed by atoms with van der Waals surface area (Å²) in [6, 6.07) is 3.76. The summed E-state index contributed by atoms with van der Waals surface area (Å²) in [5.74, 6) is -1.86. The van der Waals surface area contributed by atoms with Crippen LogP contribution in [0.5, 0.6) is 5.75 Å². The molecule has 0 aliphatic heterocycles. The smallest absolute Gasteiger partial charge is 0.314 e. The Bertz CT molecular complexity index is 557. The van der Waals surface area contributed by atoms with Gasteiger partial charge in [-0.25, -0.2) is 0 Å². The molecule has 1 atom stereocenters. The van der Waals surface area contributed by atoms with Crippen LogP contribution in [0, 0.1) is 0 Å². The first-order valence-electron chi connectivity index (χ1n) is 7.12. The van der Waals surface area contributed by atoms with Crippen molar-refractivity contribution >= 4 is 5.97 Å². The number of benzene rings is 1. The Labute approximate surface area is 127 Å². The second-order valence-corrected chi connectivity index (χ2v) is 7.51. The normalized spacial score (nSPS) is 13.8. The van der Waals surface area contributed by atoms with Gasteiger partial charge in [0.15, 0.2) is 0 Å². The third kappa shape index (κ3) is 3.66. The van der Waals surface area contributed by atoms with E-state index in [9.17, 15) is 15.0 Å². The highest BCUT2D eigenvalue weighted by Crippen LogP contribution is 2.40. The van der Waals surface area contributed by atoms with E-state index in [-0.39, 0.29) is 16.6 Å². The van der Waals surface area contributed by atoms with Crippen molar-refractivity contribution in [2.75, 3.05) is 0 Å². The number of aromatic hydroxyl groups is 1. The minimum Gasteiger partial charge on any atom is -0.507 e. The largest absolute Gasteiger partial charge is 0.507 e. The Balaban J connectivity index is 3.71. The standard InChI is InChI=1S/C18H26O3/c1-8-12(16(20)21)13-9-11(17(2,3)4)10-14(15(13)19)18(5,6)7/h8-10,12,19H,1H2,2-7H3,(H,20,21). The first kappa shape index (κ1) is 17.3. The molecule has 0 spiro atoms. The number of hydrogen-bond donors (Lipinski definition) is 2. The number of phenolic OH excluding ortho intramolecular Hbond substituents is 1. The van der Waals surface area contributed by atoms with E-state index in [1.807, 2.05) is 26.8 Å². The van der Waals surface area contributed by atoms with Crippen LogP contribution < -0.4 is 0 Å². The van der Waals surface area contributed by atoms with Gasteiger partial charge in [0, 0.05) is 5.56 Å². The van der Waals surface area contributed by atoms with Crippen LogP contribution in [-0.4, -0.2) is 16.2 Å². The van der Waals surface area contributed by atoms with Crippen molar-refractivity contribution in [1.29, 1.82) is 0 Å². The molecule has 3 heteroatoms. The van der Waals surface area contributed by atoms with E-state index in [1.165, 1.54) is 6.08 Å². The molecule has 0 aromatic heterocycles. The van der Waals surface area contributed by atoms with Crippen LogP contribution in [-0.2, 0) is 15.6 Å². The summed E-state index contributed by atoms with van der Waals surface area (Å²) >= 11 is 0. The van der Waals surface area contributed by atoms with Crippen molar-refractivity contribution < 1.29 is 15.0 Å². The van der Waals surface area contributed by atoms with Gasteiger partial charge < -0.3 is 10.2 Å². The summed E-state index contributed by atoms with van der Waals surface area (Å²) in [6.45, 7) is 15.8.